The van der Waals surface area contributed by atoms with Gasteiger partial charge in [-0.05, 0) is 25.5 Å². The van der Waals surface area contributed by atoms with Crippen LogP contribution in [0.1, 0.15) is 24.8 Å². The fourth-order valence-corrected chi connectivity index (χ4v) is 2.16. The number of carboxylic acids is 1. The quantitative estimate of drug-likeness (QED) is 0.612. The molecule has 142 valence electrons. The van der Waals surface area contributed by atoms with Gasteiger partial charge < -0.3 is 15.2 Å². The molecule has 0 aromatic heterocycles. The van der Waals surface area contributed by atoms with Crippen LogP contribution in [0.5, 0.6) is 5.75 Å². The Bertz CT molecular complexity index is 682. The van der Waals surface area contributed by atoms with Gasteiger partial charge in [0.05, 0.1) is 4.92 Å². The number of benzene rings is 1. The molecule has 1 aliphatic rings. The zero-order valence-corrected chi connectivity index (χ0v) is 13.5. The minimum atomic E-state index is -5.08. The number of ether oxygens (including phenoxy) is 1. The second-order valence-corrected chi connectivity index (χ2v) is 5.28. The maximum absolute atomic E-state index is 10.8. The fourth-order valence-electron chi connectivity index (χ4n) is 2.16. The van der Waals surface area contributed by atoms with Crippen molar-refractivity contribution in [3.63, 3.8) is 0 Å². The van der Waals surface area contributed by atoms with Gasteiger partial charge in [0.15, 0.2) is 5.56 Å². The molecule has 1 aromatic rings. The van der Waals surface area contributed by atoms with E-state index in [4.69, 9.17) is 19.9 Å². The average molecular weight is 375 g/mol. The van der Waals surface area contributed by atoms with Gasteiger partial charge in [0.25, 0.3) is 5.69 Å². The summed E-state index contributed by atoms with van der Waals surface area (Å²) in [5.41, 5.74) is -0.222. The monoisotopic (exact) mass is 375 g/mol. The lowest BCUT2D eigenvalue weighted by Crippen LogP contribution is -2.38. The van der Waals surface area contributed by atoms with Crippen LogP contribution >= 0.6 is 0 Å². The summed E-state index contributed by atoms with van der Waals surface area (Å²) in [5, 5.41) is 30.3. The Morgan fingerprint density at radius 3 is 2.58 bits per heavy atom. The number of alkyl halides is 3. The maximum Gasteiger partial charge on any atom is 0.490 e. The van der Waals surface area contributed by atoms with E-state index in [0.717, 1.165) is 25.8 Å². The molecule has 2 rings (SSSR count). The summed E-state index contributed by atoms with van der Waals surface area (Å²) in [6.07, 6.45) is -1.74. The molecule has 1 aliphatic heterocycles. The molecule has 0 radical (unpaired) electrons. The van der Waals surface area contributed by atoms with Gasteiger partial charge in [-0.1, -0.05) is 12.5 Å². The minimum Gasteiger partial charge on any atom is -0.490 e. The lowest BCUT2D eigenvalue weighted by atomic mass is 10.1. The average Bonchev–Trinajstić information content (AvgIpc) is 2.60. The normalized spacial score (nSPS) is 16.6. The van der Waals surface area contributed by atoms with E-state index in [1.54, 1.807) is 6.07 Å². The molecule has 1 heterocycles. The molecular formula is C15H16F3N3O5. The molecule has 0 aliphatic carbocycles. The van der Waals surface area contributed by atoms with Crippen molar-refractivity contribution in [2.45, 2.75) is 31.5 Å². The number of piperidine rings is 1. The number of rotatable bonds is 4. The molecule has 0 spiro atoms. The van der Waals surface area contributed by atoms with Crippen LogP contribution in [0.25, 0.3) is 0 Å². The van der Waals surface area contributed by atoms with Crippen LogP contribution in [0.2, 0.25) is 0 Å². The first-order chi connectivity index (χ1) is 12.2. The second kappa shape index (κ2) is 9.57. The van der Waals surface area contributed by atoms with E-state index < -0.39 is 17.1 Å². The largest absolute Gasteiger partial charge is 0.490 e. The first kappa shape index (κ1) is 21.2. The van der Waals surface area contributed by atoms with E-state index >= 15 is 0 Å². The highest BCUT2D eigenvalue weighted by Crippen LogP contribution is 2.27. The molecule has 0 bridgehead atoms. The molecule has 0 amide bonds. The number of hydrogen-bond acceptors (Lipinski definition) is 6. The van der Waals surface area contributed by atoms with E-state index in [2.05, 4.69) is 5.32 Å². The summed E-state index contributed by atoms with van der Waals surface area (Å²) >= 11 is 0. The van der Waals surface area contributed by atoms with Gasteiger partial charge in [0.2, 0.25) is 0 Å². The van der Waals surface area contributed by atoms with Gasteiger partial charge in [-0.25, -0.2) is 4.79 Å². The third-order valence-corrected chi connectivity index (χ3v) is 3.41. The highest BCUT2D eigenvalue weighted by atomic mass is 19.4. The Morgan fingerprint density at radius 1 is 1.46 bits per heavy atom. The van der Waals surface area contributed by atoms with E-state index in [0.29, 0.717) is 6.61 Å². The standard InChI is InChI=1S/C13H15N3O3.C2HF3O2/c14-8-11-12(16(17)18)5-3-6-13(11)19-9-10-4-1-2-7-15-10;3-2(4,5)1(6)7/h3,5-6,10,15H,1-2,4,7,9H2;(H,6,7). The van der Waals surface area contributed by atoms with Gasteiger partial charge >= 0.3 is 12.1 Å². The van der Waals surface area contributed by atoms with Crippen molar-refractivity contribution in [2.24, 2.45) is 0 Å². The molecule has 0 saturated carbocycles. The number of carboxylic acid groups (broad SMARTS) is 1. The number of nitrogens with one attached hydrogen (secondary N) is 1. The smallest absolute Gasteiger partial charge is 0.490 e. The van der Waals surface area contributed by atoms with Gasteiger partial charge in [0, 0.05) is 12.1 Å². The lowest BCUT2D eigenvalue weighted by Gasteiger charge is -2.23. The summed E-state index contributed by atoms with van der Waals surface area (Å²) < 4.78 is 37.3. The number of nitro benzene ring substituents is 1. The molecule has 1 aromatic carbocycles. The van der Waals surface area contributed by atoms with Gasteiger partial charge in [-0.2, -0.15) is 18.4 Å². The molecule has 1 fully saturated rings. The highest BCUT2D eigenvalue weighted by Gasteiger charge is 2.38. The molecule has 1 atom stereocenters. The summed E-state index contributed by atoms with van der Waals surface area (Å²) in [6, 6.07) is 6.53. The number of halogens is 3. The van der Waals surface area contributed by atoms with Crippen LogP contribution in [0.4, 0.5) is 18.9 Å². The van der Waals surface area contributed by atoms with E-state index in [1.807, 2.05) is 6.07 Å². The first-order valence-corrected chi connectivity index (χ1v) is 7.50. The number of hydrogen-bond donors (Lipinski definition) is 2. The SMILES string of the molecule is N#Cc1c(OCC2CCCCN2)cccc1[N+](=O)[O-].O=C(O)C(F)(F)F. The highest BCUT2D eigenvalue weighted by molar-refractivity contribution is 5.73. The molecule has 2 N–H and O–H groups in total. The van der Waals surface area contributed by atoms with E-state index in [1.165, 1.54) is 12.1 Å². The van der Waals surface area contributed by atoms with Crippen LogP contribution < -0.4 is 10.1 Å². The van der Waals surface area contributed by atoms with Crippen molar-refractivity contribution in [3.05, 3.63) is 33.9 Å². The lowest BCUT2D eigenvalue weighted by molar-refractivity contribution is -0.385. The Kier molecular flexibility index (Phi) is 7.79. The van der Waals surface area contributed by atoms with Crippen molar-refractivity contribution in [1.82, 2.24) is 5.32 Å². The molecule has 11 heteroatoms. The van der Waals surface area contributed by atoms with Crippen LogP contribution in [-0.2, 0) is 4.79 Å². The summed E-state index contributed by atoms with van der Waals surface area (Å²) in [6.45, 7) is 1.39. The summed E-state index contributed by atoms with van der Waals surface area (Å²) in [7, 11) is 0. The van der Waals surface area contributed by atoms with Crippen LogP contribution in [0, 0.1) is 21.4 Å². The predicted molar refractivity (Wildman–Crippen MR) is 82.6 cm³/mol. The number of nitro groups is 1. The molecule has 8 nitrogen and oxygen atoms in total. The Hall–Kier alpha value is -2.87. The van der Waals surface area contributed by atoms with Crippen LogP contribution in [0.15, 0.2) is 18.2 Å². The van der Waals surface area contributed by atoms with Crippen molar-refractivity contribution >= 4 is 11.7 Å². The van der Waals surface area contributed by atoms with Gasteiger partial charge in [-0.3, -0.25) is 10.1 Å². The third kappa shape index (κ3) is 6.56. The molecular weight excluding hydrogens is 359 g/mol. The zero-order chi connectivity index (χ0) is 19.7. The van der Waals surface area contributed by atoms with Crippen LogP contribution in [-0.4, -0.2) is 41.4 Å². The number of nitrogens with zero attached hydrogens (tertiary/aromatic N) is 2. The first-order valence-electron chi connectivity index (χ1n) is 7.50. The number of carbonyl (C=O) groups is 1. The van der Waals surface area contributed by atoms with Crippen molar-refractivity contribution < 1.29 is 32.7 Å². The molecule has 1 saturated heterocycles. The zero-order valence-electron chi connectivity index (χ0n) is 13.5. The summed E-state index contributed by atoms with van der Waals surface area (Å²) in [4.78, 5) is 19.2. The number of nitriles is 1. The fraction of sp³-hybridized carbons (Fsp3) is 0.467. The van der Waals surface area contributed by atoms with E-state index in [-0.39, 0.29) is 23.0 Å². The van der Waals surface area contributed by atoms with Crippen molar-refractivity contribution in [3.8, 4) is 11.8 Å². The Balaban J connectivity index is 0.000000412. The predicted octanol–water partition coefficient (Wildman–Crippen LogP) is 2.62. The Morgan fingerprint density at radius 2 is 2.12 bits per heavy atom. The second-order valence-electron chi connectivity index (χ2n) is 5.28. The third-order valence-electron chi connectivity index (χ3n) is 3.41. The molecule has 26 heavy (non-hydrogen) atoms. The maximum atomic E-state index is 10.8. The van der Waals surface area contributed by atoms with Crippen LogP contribution in [0.3, 0.4) is 0 Å². The summed E-state index contributed by atoms with van der Waals surface area (Å²) in [5.74, 6) is -2.48. The van der Waals surface area contributed by atoms with Gasteiger partial charge in [0.1, 0.15) is 18.4 Å². The number of aliphatic carboxylic acids is 1. The van der Waals surface area contributed by atoms with Gasteiger partial charge in [-0.15, -0.1) is 0 Å². The Labute approximate surface area is 146 Å². The van der Waals surface area contributed by atoms with E-state index in [9.17, 15) is 23.3 Å². The minimum absolute atomic E-state index is 0.0108. The topological polar surface area (TPSA) is 125 Å². The van der Waals surface area contributed by atoms with Crippen molar-refractivity contribution in [1.29, 1.82) is 5.26 Å². The van der Waals surface area contributed by atoms with Crippen molar-refractivity contribution in [2.75, 3.05) is 13.2 Å². The molecule has 1 unspecified atom stereocenters.